The first-order chi connectivity index (χ1) is 16.6. The number of hydrogen-bond donors (Lipinski definition) is 3. The van der Waals surface area contributed by atoms with E-state index in [9.17, 15) is 14.4 Å². The van der Waals surface area contributed by atoms with Crippen molar-refractivity contribution < 1.29 is 14.4 Å². The summed E-state index contributed by atoms with van der Waals surface area (Å²) < 4.78 is 0. The second kappa shape index (κ2) is 11.7. The highest BCUT2D eigenvalue weighted by molar-refractivity contribution is 5.92. The van der Waals surface area contributed by atoms with E-state index in [2.05, 4.69) is 20.9 Å². The first-order valence-corrected chi connectivity index (χ1v) is 12.1. The quantitative estimate of drug-likeness (QED) is 0.614. The van der Waals surface area contributed by atoms with E-state index in [1.54, 1.807) is 4.90 Å². The molecule has 0 aliphatic carbocycles. The number of nitrogens with zero attached hydrogens (tertiary/aromatic N) is 2. The van der Waals surface area contributed by atoms with E-state index >= 15 is 0 Å². The Morgan fingerprint density at radius 1 is 0.794 bits per heavy atom. The van der Waals surface area contributed by atoms with Crippen LogP contribution in [0.5, 0.6) is 0 Å². The molecule has 2 aliphatic heterocycles. The van der Waals surface area contributed by atoms with Crippen LogP contribution < -0.4 is 16.0 Å². The lowest BCUT2D eigenvalue weighted by Gasteiger charge is -2.35. The molecule has 0 radical (unpaired) electrons. The third-order valence-corrected chi connectivity index (χ3v) is 6.46. The summed E-state index contributed by atoms with van der Waals surface area (Å²) in [4.78, 5) is 41.7. The molecular weight excluding hydrogens is 430 g/mol. The predicted molar refractivity (Wildman–Crippen MR) is 132 cm³/mol. The molecule has 0 unspecified atom stereocenters. The third kappa shape index (κ3) is 6.81. The molecule has 4 amide bonds. The summed E-state index contributed by atoms with van der Waals surface area (Å²) in [5.74, 6) is -0.188. The Bertz CT molecular complexity index is 961. The molecule has 3 N–H and O–H groups in total. The first kappa shape index (κ1) is 23.8. The average molecular weight is 464 g/mol. The van der Waals surface area contributed by atoms with Gasteiger partial charge in [-0.3, -0.25) is 14.5 Å². The molecule has 4 rings (SSSR count). The molecule has 1 atom stereocenters. The summed E-state index contributed by atoms with van der Waals surface area (Å²) in [7, 11) is 0. The smallest absolute Gasteiger partial charge is 0.321 e. The SMILES string of the molecule is O=C(CN1CCC(NC(=O)[C@@H]2CCCN(C(=O)Nc3ccccc3)C2)CC1)Nc1ccccc1. The maximum atomic E-state index is 12.9. The van der Waals surface area contributed by atoms with E-state index in [4.69, 9.17) is 0 Å². The second-order valence-electron chi connectivity index (χ2n) is 9.05. The zero-order chi connectivity index (χ0) is 23.8. The standard InChI is InChI=1S/C26H33N5O3/c32-24(27-21-9-3-1-4-10-21)19-30-16-13-23(14-17-30)28-25(33)20-8-7-15-31(18-20)26(34)29-22-11-5-2-6-12-22/h1-6,9-12,20,23H,7-8,13-19H2,(H,27,32)(H,28,33)(H,29,34)/t20-/m1/s1. The molecule has 34 heavy (non-hydrogen) atoms. The van der Waals surface area contributed by atoms with Crippen molar-refractivity contribution >= 4 is 29.2 Å². The van der Waals surface area contributed by atoms with Crippen molar-refractivity contribution in [2.45, 2.75) is 31.7 Å². The fourth-order valence-electron chi connectivity index (χ4n) is 4.58. The van der Waals surface area contributed by atoms with Gasteiger partial charge in [-0.05, 0) is 49.9 Å². The Balaban J connectivity index is 1.18. The summed E-state index contributed by atoms with van der Waals surface area (Å²) in [5.41, 5.74) is 1.55. The zero-order valence-corrected chi connectivity index (χ0v) is 19.4. The second-order valence-corrected chi connectivity index (χ2v) is 9.05. The normalized spacial score (nSPS) is 19.3. The van der Waals surface area contributed by atoms with Crippen LogP contribution in [0.2, 0.25) is 0 Å². The Kier molecular flexibility index (Phi) is 8.14. The van der Waals surface area contributed by atoms with Gasteiger partial charge in [-0.15, -0.1) is 0 Å². The van der Waals surface area contributed by atoms with Gasteiger partial charge in [0, 0.05) is 43.6 Å². The molecule has 8 nitrogen and oxygen atoms in total. The van der Waals surface area contributed by atoms with E-state index in [1.807, 2.05) is 60.7 Å². The number of anilines is 2. The van der Waals surface area contributed by atoms with Crippen molar-refractivity contribution in [3.63, 3.8) is 0 Å². The molecule has 2 saturated heterocycles. The summed E-state index contributed by atoms with van der Waals surface area (Å²) in [6, 6.07) is 18.8. The van der Waals surface area contributed by atoms with Gasteiger partial charge in [0.15, 0.2) is 0 Å². The summed E-state index contributed by atoms with van der Waals surface area (Å²) >= 11 is 0. The van der Waals surface area contributed by atoms with Gasteiger partial charge >= 0.3 is 6.03 Å². The third-order valence-electron chi connectivity index (χ3n) is 6.46. The van der Waals surface area contributed by atoms with Crippen molar-refractivity contribution in [3.05, 3.63) is 60.7 Å². The van der Waals surface area contributed by atoms with E-state index < -0.39 is 0 Å². The molecule has 0 saturated carbocycles. The van der Waals surface area contributed by atoms with Crippen LogP contribution in [0, 0.1) is 5.92 Å². The van der Waals surface area contributed by atoms with E-state index in [0.29, 0.717) is 19.6 Å². The Morgan fingerprint density at radius 3 is 2.06 bits per heavy atom. The number of hydrogen-bond acceptors (Lipinski definition) is 4. The number of benzene rings is 2. The van der Waals surface area contributed by atoms with Crippen LogP contribution in [-0.4, -0.2) is 66.4 Å². The number of rotatable bonds is 6. The van der Waals surface area contributed by atoms with Gasteiger partial charge in [0.2, 0.25) is 11.8 Å². The average Bonchev–Trinajstić information content (AvgIpc) is 2.86. The predicted octanol–water partition coefficient (Wildman–Crippen LogP) is 3.15. The maximum Gasteiger partial charge on any atom is 0.321 e. The lowest BCUT2D eigenvalue weighted by Crippen LogP contribution is -2.51. The number of urea groups is 1. The number of nitrogens with one attached hydrogen (secondary N) is 3. The highest BCUT2D eigenvalue weighted by Gasteiger charge is 2.30. The molecular formula is C26H33N5O3. The van der Waals surface area contributed by atoms with Crippen LogP contribution >= 0.6 is 0 Å². The fourth-order valence-corrected chi connectivity index (χ4v) is 4.58. The Labute approximate surface area is 200 Å². The van der Waals surface area contributed by atoms with E-state index in [0.717, 1.165) is 50.1 Å². The van der Waals surface area contributed by atoms with Gasteiger partial charge in [-0.1, -0.05) is 36.4 Å². The first-order valence-electron chi connectivity index (χ1n) is 12.1. The van der Waals surface area contributed by atoms with Crippen molar-refractivity contribution in [1.29, 1.82) is 0 Å². The highest BCUT2D eigenvalue weighted by Crippen LogP contribution is 2.19. The molecule has 0 aromatic heterocycles. The maximum absolute atomic E-state index is 12.9. The van der Waals surface area contributed by atoms with Gasteiger partial charge in [-0.25, -0.2) is 4.79 Å². The van der Waals surface area contributed by atoms with Gasteiger partial charge in [0.25, 0.3) is 0 Å². The molecule has 180 valence electrons. The van der Waals surface area contributed by atoms with Crippen molar-refractivity contribution in [2.75, 3.05) is 43.4 Å². The van der Waals surface area contributed by atoms with Crippen LogP contribution in [0.25, 0.3) is 0 Å². The van der Waals surface area contributed by atoms with Gasteiger partial charge in [0.05, 0.1) is 12.5 Å². The lowest BCUT2D eigenvalue weighted by molar-refractivity contribution is -0.127. The molecule has 2 heterocycles. The lowest BCUT2D eigenvalue weighted by atomic mass is 9.96. The number of carbonyl (C=O) groups excluding carboxylic acids is 3. The number of para-hydroxylation sites is 2. The molecule has 2 fully saturated rings. The van der Waals surface area contributed by atoms with Gasteiger partial charge in [0.1, 0.15) is 0 Å². The number of piperidine rings is 2. The topological polar surface area (TPSA) is 93.8 Å². The number of amides is 4. The van der Waals surface area contributed by atoms with Crippen LogP contribution in [-0.2, 0) is 9.59 Å². The monoisotopic (exact) mass is 463 g/mol. The zero-order valence-electron chi connectivity index (χ0n) is 19.4. The van der Waals surface area contributed by atoms with Gasteiger partial charge in [-0.2, -0.15) is 0 Å². The van der Waals surface area contributed by atoms with Crippen LogP contribution in [0.15, 0.2) is 60.7 Å². The van der Waals surface area contributed by atoms with Crippen LogP contribution in [0.1, 0.15) is 25.7 Å². The molecule has 0 spiro atoms. The number of carbonyl (C=O) groups is 3. The molecule has 2 aliphatic rings. The molecule has 2 aromatic carbocycles. The minimum absolute atomic E-state index is 0.0234. The van der Waals surface area contributed by atoms with E-state index in [1.165, 1.54) is 0 Å². The minimum atomic E-state index is -0.190. The summed E-state index contributed by atoms with van der Waals surface area (Å²) in [5, 5.41) is 9.01. The van der Waals surface area contributed by atoms with Crippen molar-refractivity contribution in [2.24, 2.45) is 5.92 Å². The Hall–Kier alpha value is -3.39. The fraction of sp³-hybridized carbons (Fsp3) is 0.423. The largest absolute Gasteiger partial charge is 0.353 e. The minimum Gasteiger partial charge on any atom is -0.353 e. The molecule has 0 bridgehead atoms. The Morgan fingerprint density at radius 2 is 1.41 bits per heavy atom. The van der Waals surface area contributed by atoms with E-state index in [-0.39, 0.29) is 29.8 Å². The molecule has 8 heteroatoms. The van der Waals surface area contributed by atoms with Crippen molar-refractivity contribution in [1.82, 2.24) is 15.1 Å². The van der Waals surface area contributed by atoms with Gasteiger partial charge < -0.3 is 20.9 Å². The highest BCUT2D eigenvalue weighted by atomic mass is 16.2. The summed E-state index contributed by atoms with van der Waals surface area (Å²) in [6.45, 7) is 2.98. The van der Waals surface area contributed by atoms with Crippen LogP contribution in [0.4, 0.5) is 16.2 Å². The molecule has 2 aromatic rings. The van der Waals surface area contributed by atoms with Crippen LogP contribution in [0.3, 0.4) is 0 Å². The van der Waals surface area contributed by atoms with Crippen molar-refractivity contribution in [3.8, 4) is 0 Å². The summed E-state index contributed by atoms with van der Waals surface area (Å²) in [6.07, 6.45) is 3.24. The number of likely N-dealkylation sites (tertiary alicyclic amines) is 2.